The molecule has 1 aliphatic rings. The number of nitrogens with zero attached hydrogens (tertiary/aromatic N) is 1. The van der Waals surface area contributed by atoms with E-state index < -0.39 is 17.9 Å². The number of carbonyl (C=O) groups excluding carboxylic acids is 2. The number of rotatable bonds is 6. The Morgan fingerprint density at radius 2 is 2.04 bits per heavy atom. The number of nitrogens with one attached hydrogen (secondary N) is 1. The lowest BCUT2D eigenvalue weighted by Crippen LogP contribution is -2.51. The minimum absolute atomic E-state index is 0.233. The molecule has 7 nitrogen and oxygen atoms in total. The van der Waals surface area contributed by atoms with Crippen LogP contribution in [-0.4, -0.2) is 53.5 Å². The number of amides is 2. The van der Waals surface area contributed by atoms with E-state index in [2.05, 4.69) is 5.32 Å². The van der Waals surface area contributed by atoms with Gasteiger partial charge in [0.25, 0.3) is 5.91 Å². The van der Waals surface area contributed by atoms with Crippen LogP contribution in [0.25, 0.3) is 0 Å². The van der Waals surface area contributed by atoms with Gasteiger partial charge in [-0.3, -0.25) is 9.59 Å². The van der Waals surface area contributed by atoms with Crippen LogP contribution < -0.4 is 10.1 Å². The molecular formula is C17H22N2O5. The SMILES string of the molecule is CCOc1ccccc1C(=O)NCC(=O)N1CCCC[C@@H]1C(=O)O. The van der Waals surface area contributed by atoms with E-state index in [1.54, 1.807) is 24.3 Å². The molecule has 0 saturated carbocycles. The number of hydrogen-bond acceptors (Lipinski definition) is 4. The Bertz CT molecular complexity index is 617. The summed E-state index contributed by atoms with van der Waals surface area (Å²) in [5, 5.41) is 11.8. The van der Waals surface area contributed by atoms with Crippen LogP contribution in [0.5, 0.6) is 5.75 Å². The third kappa shape index (κ3) is 4.24. The van der Waals surface area contributed by atoms with Crippen molar-refractivity contribution in [2.24, 2.45) is 0 Å². The molecule has 1 aliphatic heterocycles. The van der Waals surface area contributed by atoms with E-state index in [4.69, 9.17) is 4.74 Å². The van der Waals surface area contributed by atoms with Crippen LogP contribution >= 0.6 is 0 Å². The summed E-state index contributed by atoms with van der Waals surface area (Å²) in [7, 11) is 0. The van der Waals surface area contributed by atoms with Crippen molar-refractivity contribution in [3.05, 3.63) is 29.8 Å². The van der Waals surface area contributed by atoms with E-state index in [0.717, 1.165) is 12.8 Å². The van der Waals surface area contributed by atoms with Crippen molar-refractivity contribution < 1.29 is 24.2 Å². The summed E-state index contributed by atoms with van der Waals surface area (Å²) in [5.41, 5.74) is 0.348. The van der Waals surface area contributed by atoms with Crippen molar-refractivity contribution in [2.75, 3.05) is 19.7 Å². The van der Waals surface area contributed by atoms with Crippen LogP contribution in [0, 0.1) is 0 Å². The van der Waals surface area contributed by atoms with Crippen molar-refractivity contribution in [3.63, 3.8) is 0 Å². The van der Waals surface area contributed by atoms with Gasteiger partial charge >= 0.3 is 5.97 Å². The number of benzene rings is 1. The van der Waals surface area contributed by atoms with Crippen LogP contribution in [0.1, 0.15) is 36.5 Å². The van der Waals surface area contributed by atoms with E-state index in [1.807, 2.05) is 6.92 Å². The Hall–Kier alpha value is -2.57. The van der Waals surface area contributed by atoms with Crippen molar-refractivity contribution in [3.8, 4) is 5.75 Å². The standard InChI is InChI=1S/C17H22N2O5/c1-2-24-14-9-4-3-7-12(14)16(21)18-11-15(20)19-10-6-5-8-13(19)17(22)23/h3-4,7,9,13H,2,5-6,8,10-11H2,1H3,(H,18,21)(H,22,23)/t13-/m1/s1. The van der Waals surface area contributed by atoms with E-state index in [9.17, 15) is 19.5 Å². The van der Waals surface area contributed by atoms with Crippen molar-refractivity contribution in [2.45, 2.75) is 32.2 Å². The molecule has 2 amide bonds. The summed E-state index contributed by atoms with van der Waals surface area (Å²) in [6.07, 6.45) is 2.01. The lowest BCUT2D eigenvalue weighted by molar-refractivity contribution is -0.151. The summed E-state index contributed by atoms with van der Waals surface area (Å²) in [6.45, 7) is 2.42. The molecule has 0 bridgehead atoms. The van der Waals surface area contributed by atoms with Gasteiger partial charge in [0.15, 0.2) is 0 Å². The molecule has 1 aromatic carbocycles. The highest BCUT2D eigenvalue weighted by atomic mass is 16.5. The molecule has 24 heavy (non-hydrogen) atoms. The number of hydrogen-bond donors (Lipinski definition) is 2. The van der Waals surface area contributed by atoms with Gasteiger partial charge in [-0.2, -0.15) is 0 Å². The lowest BCUT2D eigenvalue weighted by atomic mass is 10.0. The maximum Gasteiger partial charge on any atom is 0.326 e. The van der Waals surface area contributed by atoms with E-state index >= 15 is 0 Å². The van der Waals surface area contributed by atoms with Crippen LogP contribution in [0.3, 0.4) is 0 Å². The Kier molecular flexibility index (Phi) is 6.17. The Balaban J connectivity index is 1.98. The normalized spacial score (nSPS) is 17.2. The molecule has 1 aromatic rings. The third-order valence-corrected chi connectivity index (χ3v) is 3.94. The number of likely N-dealkylation sites (tertiary alicyclic amines) is 1. The molecule has 1 saturated heterocycles. The maximum atomic E-state index is 12.3. The van der Waals surface area contributed by atoms with Crippen molar-refractivity contribution >= 4 is 17.8 Å². The molecule has 1 heterocycles. The first-order valence-electron chi connectivity index (χ1n) is 8.07. The van der Waals surface area contributed by atoms with Gasteiger partial charge in [0.1, 0.15) is 11.8 Å². The van der Waals surface area contributed by atoms with Crippen molar-refractivity contribution in [1.29, 1.82) is 0 Å². The van der Waals surface area contributed by atoms with Crippen molar-refractivity contribution in [1.82, 2.24) is 10.2 Å². The molecule has 0 aromatic heterocycles. The molecule has 0 unspecified atom stereocenters. The second kappa shape index (κ2) is 8.33. The second-order valence-corrected chi connectivity index (χ2v) is 5.55. The molecular weight excluding hydrogens is 312 g/mol. The molecule has 130 valence electrons. The third-order valence-electron chi connectivity index (χ3n) is 3.94. The highest BCUT2D eigenvalue weighted by molar-refractivity contribution is 5.99. The first kappa shape index (κ1) is 17.8. The Morgan fingerprint density at radius 1 is 1.29 bits per heavy atom. The molecule has 0 spiro atoms. The number of para-hydroxylation sites is 1. The minimum atomic E-state index is -1.00. The zero-order valence-electron chi connectivity index (χ0n) is 13.7. The second-order valence-electron chi connectivity index (χ2n) is 5.55. The van der Waals surface area contributed by atoms with Crippen LogP contribution in [0.4, 0.5) is 0 Å². The minimum Gasteiger partial charge on any atom is -0.493 e. The maximum absolute atomic E-state index is 12.3. The average Bonchev–Trinajstić information content (AvgIpc) is 2.60. The molecule has 1 fully saturated rings. The van der Waals surface area contributed by atoms with Gasteiger partial charge in [-0.15, -0.1) is 0 Å². The van der Waals surface area contributed by atoms with Gasteiger partial charge in [0.2, 0.25) is 5.91 Å². The van der Waals surface area contributed by atoms with Gasteiger partial charge < -0.3 is 20.1 Å². The fourth-order valence-corrected chi connectivity index (χ4v) is 2.78. The van der Waals surface area contributed by atoms with Gasteiger partial charge in [0.05, 0.1) is 18.7 Å². The number of carboxylic acid groups (broad SMARTS) is 1. The molecule has 2 N–H and O–H groups in total. The first-order valence-corrected chi connectivity index (χ1v) is 8.07. The average molecular weight is 334 g/mol. The number of carbonyl (C=O) groups is 3. The van der Waals surface area contributed by atoms with E-state index in [1.165, 1.54) is 4.90 Å². The lowest BCUT2D eigenvalue weighted by Gasteiger charge is -2.33. The van der Waals surface area contributed by atoms with Crippen LogP contribution in [0.2, 0.25) is 0 Å². The molecule has 1 atom stereocenters. The highest BCUT2D eigenvalue weighted by Crippen LogP contribution is 2.19. The monoisotopic (exact) mass is 334 g/mol. The molecule has 0 aliphatic carbocycles. The van der Waals surface area contributed by atoms with Gasteiger partial charge in [-0.05, 0) is 38.3 Å². The molecule has 0 radical (unpaired) electrons. The molecule has 7 heteroatoms. The highest BCUT2D eigenvalue weighted by Gasteiger charge is 2.31. The Labute approximate surface area is 140 Å². The van der Waals surface area contributed by atoms with E-state index in [-0.39, 0.29) is 12.5 Å². The van der Waals surface area contributed by atoms with Gasteiger partial charge in [-0.1, -0.05) is 12.1 Å². The summed E-state index contributed by atoms with van der Waals surface area (Å²) in [4.78, 5) is 37.1. The zero-order valence-corrected chi connectivity index (χ0v) is 13.7. The number of ether oxygens (including phenoxy) is 1. The number of carboxylic acids is 1. The van der Waals surface area contributed by atoms with Crippen LogP contribution in [-0.2, 0) is 9.59 Å². The van der Waals surface area contributed by atoms with Crippen LogP contribution in [0.15, 0.2) is 24.3 Å². The largest absolute Gasteiger partial charge is 0.493 e. The first-order chi connectivity index (χ1) is 11.5. The topological polar surface area (TPSA) is 95.9 Å². The summed E-state index contributed by atoms with van der Waals surface area (Å²) < 4.78 is 5.40. The summed E-state index contributed by atoms with van der Waals surface area (Å²) in [6, 6.07) is 5.97. The van der Waals surface area contributed by atoms with Gasteiger partial charge in [-0.25, -0.2) is 4.79 Å². The van der Waals surface area contributed by atoms with E-state index in [0.29, 0.717) is 30.9 Å². The summed E-state index contributed by atoms with van der Waals surface area (Å²) in [5.74, 6) is -1.36. The predicted octanol–water partition coefficient (Wildman–Crippen LogP) is 1.28. The molecule has 2 rings (SSSR count). The Morgan fingerprint density at radius 3 is 2.75 bits per heavy atom. The smallest absolute Gasteiger partial charge is 0.326 e. The quantitative estimate of drug-likeness (QED) is 0.817. The number of piperidine rings is 1. The summed E-state index contributed by atoms with van der Waals surface area (Å²) >= 11 is 0. The number of aliphatic carboxylic acids is 1. The fourth-order valence-electron chi connectivity index (χ4n) is 2.78. The fraction of sp³-hybridized carbons (Fsp3) is 0.471. The van der Waals surface area contributed by atoms with Gasteiger partial charge in [0, 0.05) is 6.54 Å². The predicted molar refractivity (Wildman–Crippen MR) is 86.9 cm³/mol. The zero-order chi connectivity index (χ0) is 17.5.